The number of Topliss-reactive ketones (excluding diaryl/α,β-unsaturated/α-hetero) is 1. The zero-order chi connectivity index (χ0) is 28.2. The number of hydrogen-bond acceptors (Lipinski definition) is 10. The highest BCUT2D eigenvalue weighted by Gasteiger charge is 2.46. The van der Waals surface area contributed by atoms with Gasteiger partial charge in [0.05, 0.1) is 29.7 Å². The molecule has 1 atom stereocenters. The van der Waals surface area contributed by atoms with Gasteiger partial charge in [0.25, 0.3) is 5.91 Å². The van der Waals surface area contributed by atoms with Crippen molar-refractivity contribution in [2.45, 2.75) is 30.0 Å². The SMILES string of the molecule is CCOc1ccc(C2C(C(=O)c3cccs3)=C(O)C(=O)N2c2nnc(SCc3ccc(F)cc3)s2)cc1OCC. The maximum Gasteiger partial charge on any atom is 0.296 e. The molecule has 2 aromatic carbocycles. The average molecular weight is 598 g/mol. The van der Waals surface area contributed by atoms with Crippen LogP contribution in [0.5, 0.6) is 11.5 Å². The van der Waals surface area contributed by atoms with E-state index in [1.165, 1.54) is 40.1 Å². The number of aliphatic hydroxyl groups excluding tert-OH is 1. The molecule has 1 N–H and O–H groups in total. The molecule has 40 heavy (non-hydrogen) atoms. The number of hydrogen-bond donors (Lipinski definition) is 1. The number of ether oxygens (including phenoxy) is 2. The van der Waals surface area contributed by atoms with Crippen LogP contribution in [0.4, 0.5) is 9.52 Å². The molecule has 4 aromatic rings. The Hall–Kier alpha value is -3.74. The van der Waals surface area contributed by atoms with Gasteiger partial charge in [-0.3, -0.25) is 14.5 Å². The lowest BCUT2D eigenvalue weighted by Crippen LogP contribution is -2.31. The zero-order valence-electron chi connectivity index (χ0n) is 21.5. The molecule has 1 aliphatic heterocycles. The van der Waals surface area contributed by atoms with Crippen LogP contribution < -0.4 is 14.4 Å². The van der Waals surface area contributed by atoms with Crippen LogP contribution in [0.15, 0.2) is 75.6 Å². The van der Waals surface area contributed by atoms with Crippen molar-refractivity contribution < 1.29 is 28.6 Å². The van der Waals surface area contributed by atoms with E-state index in [0.29, 0.717) is 45.2 Å². The van der Waals surface area contributed by atoms with Crippen LogP contribution in [0.2, 0.25) is 0 Å². The Morgan fingerprint density at radius 2 is 1.82 bits per heavy atom. The van der Waals surface area contributed by atoms with Crippen LogP contribution in [0.25, 0.3) is 0 Å². The van der Waals surface area contributed by atoms with Gasteiger partial charge < -0.3 is 14.6 Å². The van der Waals surface area contributed by atoms with Crippen LogP contribution in [-0.2, 0) is 10.5 Å². The number of carbonyl (C=O) groups excluding carboxylic acids is 2. The van der Waals surface area contributed by atoms with Gasteiger partial charge in [0, 0.05) is 5.75 Å². The van der Waals surface area contributed by atoms with E-state index >= 15 is 0 Å². The highest BCUT2D eigenvalue weighted by molar-refractivity contribution is 8.00. The lowest BCUT2D eigenvalue weighted by molar-refractivity contribution is -0.117. The molecule has 0 saturated heterocycles. The third kappa shape index (κ3) is 5.60. The number of aromatic nitrogens is 2. The quantitative estimate of drug-likeness (QED) is 0.117. The first-order chi connectivity index (χ1) is 19.4. The van der Waals surface area contributed by atoms with Crippen molar-refractivity contribution in [1.82, 2.24) is 10.2 Å². The van der Waals surface area contributed by atoms with E-state index in [4.69, 9.17) is 9.47 Å². The number of aliphatic hydroxyl groups is 1. The molecule has 0 spiro atoms. The number of thioether (sulfide) groups is 1. The van der Waals surface area contributed by atoms with Crippen LogP contribution in [0.3, 0.4) is 0 Å². The van der Waals surface area contributed by atoms with Gasteiger partial charge in [-0.1, -0.05) is 47.4 Å². The number of benzene rings is 2. The average Bonchev–Trinajstić information content (AvgIpc) is 3.70. The van der Waals surface area contributed by atoms with Crippen molar-refractivity contribution in [2.75, 3.05) is 18.1 Å². The van der Waals surface area contributed by atoms with Gasteiger partial charge in [0.2, 0.25) is 10.9 Å². The smallest absolute Gasteiger partial charge is 0.296 e. The molecule has 5 rings (SSSR count). The largest absolute Gasteiger partial charge is 0.503 e. The lowest BCUT2D eigenvalue weighted by Gasteiger charge is -2.25. The molecule has 0 aliphatic carbocycles. The molecule has 206 valence electrons. The summed E-state index contributed by atoms with van der Waals surface area (Å²) in [5, 5.41) is 21.5. The van der Waals surface area contributed by atoms with Gasteiger partial charge in [-0.25, -0.2) is 4.39 Å². The molecule has 0 saturated carbocycles. The maximum absolute atomic E-state index is 13.6. The summed E-state index contributed by atoms with van der Waals surface area (Å²) < 4.78 is 25.3. The van der Waals surface area contributed by atoms with Gasteiger partial charge >= 0.3 is 0 Å². The molecule has 0 fully saturated rings. The van der Waals surface area contributed by atoms with Crippen molar-refractivity contribution >= 4 is 51.3 Å². The Labute approximate surface area is 242 Å². The van der Waals surface area contributed by atoms with Crippen molar-refractivity contribution in [3.8, 4) is 11.5 Å². The van der Waals surface area contributed by atoms with Crippen molar-refractivity contribution in [1.29, 1.82) is 0 Å². The van der Waals surface area contributed by atoms with Gasteiger partial charge in [0.1, 0.15) is 5.82 Å². The molecule has 1 unspecified atom stereocenters. The Morgan fingerprint density at radius 3 is 2.52 bits per heavy atom. The summed E-state index contributed by atoms with van der Waals surface area (Å²) in [6.45, 7) is 4.52. The number of thiophene rings is 1. The van der Waals surface area contributed by atoms with Gasteiger partial charge in [0.15, 0.2) is 21.6 Å². The lowest BCUT2D eigenvalue weighted by atomic mass is 9.95. The molecule has 8 nitrogen and oxygen atoms in total. The normalized spacial score (nSPS) is 15.1. The van der Waals surface area contributed by atoms with Crippen LogP contribution in [0.1, 0.15) is 40.7 Å². The molecular formula is C28H24FN3O5S3. The molecule has 1 amide bonds. The second kappa shape index (κ2) is 12.2. The summed E-state index contributed by atoms with van der Waals surface area (Å²) in [7, 11) is 0. The highest BCUT2D eigenvalue weighted by Crippen LogP contribution is 2.45. The van der Waals surface area contributed by atoms with E-state index in [2.05, 4.69) is 10.2 Å². The second-order valence-corrected chi connectivity index (χ2v) is 11.6. The van der Waals surface area contributed by atoms with Crippen LogP contribution in [0, 0.1) is 5.82 Å². The van der Waals surface area contributed by atoms with E-state index < -0.39 is 23.5 Å². The predicted octanol–water partition coefficient (Wildman–Crippen LogP) is 6.61. The summed E-state index contributed by atoms with van der Waals surface area (Å²) in [5.41, 5.74) is 1.40. The molecule has 3 heterocycles. The topological polar surface area (TPSA) is 102 Å². The van der Waals surface area contributed by atoms with E-state index in [0.717, 1.165) is 16.9 Å². The number of rotatable bonds is 11. The van der Waals surface area contributed by atoms with Gasteiger partial charge in [-0.15, -0.1) is 21.5 Å². The summed E-state index contributed by atoms with van der Waals surface area (Å²) in [4.78, 5) is 28.8. The fourth-order valence-electron chi connectivity index (χ4n) is 4.21. The van der Waals surface area contributed by atoms with Gasteiger partial charge in [-0.2, -0.15) is 0 Å². The summed E-state index contributed by atoms with van der Waals surface area (Å²) in [6, 6.07) is 13.8. The number of anilines is 1. The number of carbonyl (C=O) groups is 2. The number of halogens is 1. The van der Waals surface area contributed by atoms with E-state index in [-0.39, 0.29) is 16.5 Å². The minimum Gasteiger partial charge on any atom is -0.503 e. The fraction of sp³-hybridized carbons (Fsp3) is 0.214. The van der Waals surface area contributed by atoms with E-state index in [1.807, 2.05) is 13.8 Å². The Kier molecular flexibility index (Phi) is 8.48. The molecule has 12 heteroatoms. The standard InChI is InChI=1S/C28H24FN3O5S3/c1-3-36-19-12-9-17(14-20(19)37-4-2)23-22(24(33)21-6-5-13-38-21)25(34)26(35)32(23)27-30-31-28(40-27)39-15-16-7-10-18(29)11-8-16/h5-14,23,34H,3-4,15H2,1-2H3. The Bertz CT molecular complexity index is 1550. The van der Waals surface area contributed by atoms with E-state index in [1.54, 1.807) is 47.8 Å². The maximum atomic E-state index is 13.6. The molecule has 0 bridgehead atoms. The first-order valence-electron chi connectivity index (χ1n) is 12.4. The fourth-order valence-corrected chi connectivity index (χ4v) is 6.71. The summed E-state index contributed by atoms with van der Waals surface area (Å²) >= 11 is 3.77. The van der Waals surface area contributed by atoms with Crippen LogP contribution in [-0.4, -0.2) is 40.2 Å². The number of ketones is 1. The van der Waals surface area contributed by atoms with Crippen molar-refractivity contribution in [3.63, 3.8) is 0 Å². The molecular weight excluding hydrogens is 574 g/mol. The minimum absolute atomic E-state index is 0.0465. The highest BCUT2D eigenvalue weighted by atomic mass is 32.2. The first kappa shape index (κ1) is 27.8. The second-order valence-electron chi connectivity index (χ2n) is 8.48. The van der Waals surface area contributed by atoms with E-state index in [9.17, 15) is 19.1 Å². The Morgan fingerprint density at radius 1 is 1.07 bits per heavy atom. The third-order valence-corrected chi connectivity index (χ3v) is 8.95. The first-order valence-corrected chi connectivity index (χ1v) is 15.0. The molecule has 2 aromatic heterocycles. The predicted molar refractivity (Wildman–Crippen MR) is 153 cm³/mol. The number of amides is 1. The summed E-state index contributed by atoms with van der Waals surface area (Å²) in [6.07, 6.45) is 0. The minimum atomic E-state index is -0.972. The zero-order valence-corrected chi connectivity index (χ0v) is 23.9. The monoisotopic (exact) mass is 597 g/mol. The third-order valence-electron chi connectivity index (χ3n) is 5.96. The summed E-state index contributed by atoms with van der Waals surface area (Å²) in [5.74, 6) is -0.638. The number of nitrogens with zero attached hydrogens (tertiary/aromatic N) is 3. The molecule has 1 aliphatic rings. The van der Waals surface area contributed by atoms with Crippen LogP contribution >= 0.6 is 34.4 Å². The molecule has 0 radical (unpaired) electrons. The van der Waals surface area contributed by atoms with Crippen molar-refractivity contribution in [3.05, 3.63) is 93.1 Å². The Balaban J connectivity index is 1.52. The van der Waals surface area contributed by atoms with Crippen molar-refractivity contribution in [2.24, 2.45) is 0 Å². The van der Waals surface area contributed by atoms with Gasteiger partial charge in [-0.05, 0) is 60.7 Å².